The van der Waals surface area contributed by atoms with Gasteiger partial charge in [-0.15, -0.1) is 11.3 Å². The fourth-order valence-electron chi connectivity index (χ4n) is 3.88. The zero-order valence-electron chi connectivity index (χ0n) is 14.7. The Morgan fingerprint density at radius 3 is 3.00 bits per heavy atom. The quantitative estimate of drug-likeness (QED) is 0.841. The lowest BCUT2D eigenvalue weighted by Gasteiger charge is -2.23. The lowest BCUT2D eigenvalue weighted by Crippen LogP contribution is -2.39. The van der Waals surface area contributed by atoms with Gasteiger partial charge in [0.1, 0.15) is 4.88 Å². The predicted molar refractivity (Wildman–Crippen MR) is 102 cm³/mol. The van der Waals surface area contributed by atoms with E-state index in [1.54, 1.807) is 13.0 Å². The van der Waals surface area contributed by atoms with Crippen LogP contribution in [0.2, 0.25) is 0 Å². The molecule has 1 amide bonds. The van der Waals surface area contributed by atoms with Gasteiger partial charge in [-0.25, -0.2) is 4.79 Å². The number of thiophene rings is 1. The van der Waals surface area contributed by atoms with Crippen molar-refractivity contribution >= 4 is 23.2 Å². The molecule has 26 heavy (non-hydrogen) atoms. The molecule has 0 bridgehead atoms. The number of nitrogens with zero attached hydrogens (tertiary/aromatic N) is 1. The second-order valence-corrected chi connectivity index (χ2v) is 7.82. The highest BCUT2D eigenvalue weighted by atomic mass is 32.1. The zero-order valence-corrected chi connectivity index (χ0v) is 15.6. The predicted octanol–water partition coefficient (Wildman–Crippen LogP) is 3.03. The van der Waals surface area contributed by atoms with Crippen molar-refractivity contribution in [1.29, 1.82) is 0 Å². The van der Waals surface area contributed by atoms with Crippen molar-refractivity contribution in [2.45, 2.75) is 19.4 Å². The van der Waals surface area contributed by atoms with Crippen LogP contribution in [0.15, 0.2) is 36.4 Å². The lowest BCUT2D eigenvalue weighted by molar-refractivity contribution is 0.0531. The zero-order chi connectivity index (χ0) is 18.1. The number of nitrogens with one attached hydrogen (secondary N) is 1. The van der Waals surface area contributed by atoms with Crippen molar-refractivity contribution in [3.63, 3.8) is 0 Å². The number of benzene rings is 1. The monoisotopic (exact) mass is 370 g/mol. The van der Waals surface area contributed by atoms with E-state index in [9.17, 15) is 9.59 Å². The molecule has 2 saturated heterocycles. The maximum Gasteiger partial charge on any atom is 0.348 e. The molecule has 2 aliphatic rings. The molecule has 136 valence electrons. The van der Waals surface area contributed by atoms with Crippen LogP contribution < -0.4 is 5.32 Å². The van der Waals surface area contributed by atoms with Crippen LogP contribution in [-0.4, -0.2) is 49.1 Å². The van der Waals surface area contributed by atoms with Crippen LogP contribution in [0.4, 0.5) is 0 Å². The Kier molecular flexibility index (Phi) is 4.78. The Balaban J connectivity index is 1.55. The van der Waals surface area contributed by atoms with E-state index in [2.05, 4.69) is 5.32 Å². The molecule has 5 nitrogen and oxygen atoms in total. The van der Waals surface area contributed by atoms with Crippen LogP contribution >= 0.6 is 11.3 Å². The van der Waals surface area contributed by atoms with Crippen molar-refractivity contribution < 1.29 is 14.3 Å². The van der Waals surface area contributed by atoms with E-state index < -0.39 is 0 Å². The van der Waals surface area contributed by atoms with Crippen LogP contribution in [0.1, 0.15) is 33.4 Å². The molecule has 1 aromatic carbocycles. The van der Waals surface area contributed by atoms with Gasteiger partial charge in [0.2, 0.25) is 0 Å². The Hall–Kier alpha value is -2.18. The normalized spacial score (nSPS) is 21.7. The van der Waals surface area contributed by atoms with Gasteiger partial charge in [0.05, 0.1) is 6.61 Å². The summed E-state index contributed by atoms with van der Waals surface area (Å²) in [6.07, 6.45) is 1.08. The number of carbonyl (C=O) groups excluding carboxylic acids is 2. The van der Waals surface area contributed by atoms with Gasteiger partial charge in [-0.05, 0) is 49.1 Å². The molecule has 4 rings (SSSR count). The third-order valence-electron chi connectivity index (χ3n) is 5.18. The molecule has 2 atom stereocenters. The van der Waals surface area contributed by atoms with E-state index in [0.29, 0.717) is 29.0 Å². The van der Waals surface area contributed by atoms with Crippen LogP contribution in [0, 0.1) is 5.92 Å². The van der Waals surface area contributed by atoms with Gasteiger partial charge in [-0.3, -0.25) is 4.79 Å². The second-order valence-electron chi connectivity index (χ2n) is 6.74. The number of amides is 1. The Labute approximate surface area is 157 Å². The van der Waals surface area contributed by atoms with Crippen LogP contribution in [-0.2, 0) is 4.74 Å². The molecule has 1 aromatic heterocycles. The molecule has 0 saturated carbocycles. The van der Waals surface area contributed by atoms with E-state index in [0.717, 1.165) is 36.5 Å². The fourth-order valence-corrected chi connectivity index (χ4v) is 4.77. The summed E-state index contributed by atoms with van der Waals surface area (Å²) < 4.78 is 5.05. The fraction of sp³-hybridized carbons (Fsp3) is 0.400. The van der Waals surface area contributed by atoms with Gasteiger partial charge < -0.3 is 15.0 Å². The minimum Gasteiger partial charge on any atom is -0.462 e. The van der Waals surface area contributed by atoms with E-state index in [-0.39, 0.29) is 11.9 Å². The van der Waals surface area contributed by atoms with Crippen molar-refractivity contribution in [1.82, 2.24) is 10.2 Å². The van der Waals surface area contributed by atoms with Crippen molar-refractivity contribution in [2.75, 3.05) is 26.2 Å². The number of esters is 1. The molecule has 2 fully saturated rings. The largest absolute Gasteiger partial charge is 0.462 e. The molecule has 0 spiro atoms. The number of likely N-dealkylation sites (tertiary alicyclic amines) is 1. The lowest BCUT2D eigenvalue weighted by atomic mass is 10.0. The first-order valence-corrected chi connectivity index (χ1v) is 9.88. The Morgan fingerprint density at radius 1 is 1.27 bits per heavy atom. The Morgan fingerprint density at radius 2 is 2.15 bits per heavy atom. The molecule has 0 radical (unpaired) electrons. The number of rotatable bonds is 4. The highest BCUT2D eigenvalue weighted by molar-refractivity contribution is 7.17. The topological polar surface area (TPSA) is 58.6 Å². The van der Waals surface area contributed by atoms with Gasteiger partial charge in [0.25, 0.3) is 5.91 Å². The Bertz CT molecular complexity index is 832. The first-order valence-electron chi connectivity index (χ1n) is 9.06. The minimum absolute atomic E-state index is 0.102. The first-order chi connectivity index (χ1) is 12.7. The summed E-state index contributed by atoms with van der Waals surface area (Å²) in [5.74, 6) is 0.393. The summed E-state index contributed by atoms with van der Waals surface area (Å²) >= 11 is 1.39. The van der Waals surface area contributed by atoms with Gasteiger partial charge >= 0.3 is 5.97 Å². The summed E-state index contributed by atoms with van der Waals surface area (Å²) in [5, 5.41) is 3.39. The van der Waals surface area contributed by atoms with E-state index in [4.69, 9.17) is 4.74 Å². The minimum atomic E-state index is -0.298. The second kappa shape index (κ2) is 7.21. The van der Waals surface area contributed by atoms with Crippen LogP contribution in [0.25, 0.3) is 10.4 Å². The van der Waals surface area contributed by atoms with Gasteiger partial charge in [0, 0.05) is 36.1 Å². The van der Waals surface area contributed by atoms with Crippen molar-refractivity contribution in [3.8, 4) is 10.4 Å². The number of fused-ring (bicyclic) bond motifs is 1. The molecule has 0 aliphatic carbocycles. The number of ether oxygens (including phenoxy) is 1. The van der Waals surface area contributed by atoms with Crippen LogP contribution in [0.3, 0.4) is 0 Å². The van der Waals surface area contributed by atoms with Gasteiger partial charge in [0.15, 0.2) is 0 Å². The third-order valence-corrected chi connectivity index (χ3v) is 6.30. The average Bonchev–Trinajstić information content (AvgIpc) is 3.38. The molecule has 2 aromatic rings. The first kappa shape index (κ1) is 17.2. The number of carbonyl (C=O) groups is 2. The molecular formula is C20H22N2O3S. The molecule has 3 heterocycles. The van der Waals surface area contributed by atoms with E-state index >= 15 is 0 Å². The standard InChI is InChI=1S/C20H22N2O3S/c1-2-25-20(24)18-7-6-17(26-18)13-4-3-5-14(10-13)19(23)22-9-8-15-11-21-12-16(15)22/h3-7,10,15-16,21H,2,8-9,11-12H2,1H3. The SMILES string of the molecule is CCOC(=O)c1ccc(-c2cccc(C(=O)N3CCC4CNCC43)c2)s1. The highest BCUT2D eigenvalue weighted by Crippen LogP contribution is 2.31. The van der Waals surface area contributed by atoms with E-state index in [1.807, 2.05) is 35.2 Å². The molecule has 2 aliphatic heterocycles. The average molecular weight is 370 g/mol. The maximum absolute atomic E-state index is 13.0. The smallest absolute Gasteiger partial charge is 0.348 e. The summed E-state index contributed by atoms with van der Waals surface area (Å²) in [5.41, 5.74) is 1.66. The van der Waals surface area contributed by atoms with Gasteiger partial charge in [-0.2, -0.15) is 0 Å². The summed E-state index contributed by atoms with van der Waals surface area (Å²) in [6.45, 7) is 4.91. The number of hydrogen-bond donors (Lipinski definition) is 1. The van der Waals surface area contributed by atoms with Crippen LogP contribution in [0.5, 0.6) is 0 Å². The molecule has 2 unspecified atom stereocenters. The molecule has 6 heteroatoms. The van der Waals surface area contributed by atoms with Crippen molar-refractivity contribution in [3.05, 3.63) is 46.8 Å². The molecule has 1 N–H and O–H groups in total. The van der Waals surface area contributed by atoms with E-state index in [1.165, 1.54) is 11.3 Å². The van der Waals surface area contributed by atoms with Gasteiger partial charge in [-0.1, -0.05) is 12.1 Å². The summed E-state index contributed by atoms with van der Waals surface area (Å²) in [6, 6.07) is 11.7. The molecular weight excluding hydrogens is 348 g/mol. The van der Waals surface area contributed by atoms with Crippen molar-refractivity contribution in [2.24, 2.45) is 5.92 Å². The number of hydrogen-bond acceptors (Lipinski definition) is 5. The summed E-state index contributed by atoms with van der Waals surface area (Å²) in [7, 11) is 0. The highest BCUT2D eigenvalue weighted by Gasteiger charge is 2.40. The maximum atomic E-state index is 13.0. The third kappa shape index (κ3) is 3.15. The summed E-state index contributed by atoms with van der Waals surface area (Å²) in [4.78, 5) is 28.4.